The summed E-state index contributed by atoms with van der Waals surface area (Å²) in [6.45, 7) is 0.505. The van der Waals surface area contributed by atoms with Crippen molar-refractivity contribution in [1.29, 1.82) is 0 Å². The van der Waals surface area contributed by atoms with Crippen molar-refractivity contribution in [3.05, 3.63) is 102 Å². The van der Waals surface area contributed by atoms with Crippen molar-refractivity contribution in [2.75, 3.05) is 0 Å². The Hall–Kier alpha value is -3.67. The van der Waals surface area contributed by atoms with Crippen LogP contribution >= 0.6 is 0 Å². The number of nitrogens with one attached hydrogen (secondary N) is 1. The molecule has 0 aliphatic rings. The van der Waals surface area contributed by atoms with Crippen LogP contribution in [0.4, 0.5) is 4.39 Å². The van der Waals surface area contributed by atoms with Crippen LogP contribution in [0.3, 0.4) is 0 Å². The number of pyridine rings is 1. The van der Waals surface area contributed by atoms with Crippen LogP contribution in [0.15, 0.2) is 79.4 Å². The van der Waals surface area contributed by atoms with Crippen molar-refractivity contribution in [3.63, 3.8) is 0 Å². The zero-order valence-electron chi connectivity index (χ0n) is 15.0. The van der Waals surface area contributed by atoms with Gasteiger partial charge >= 0.3 is 0 Å². The highest BCUT2D eigenvalue weighted by Gasteiger charge is 2.07. The predicted octanol–water partition coefficient (Wildman–Crippen LogP) is 3.98. The van der Waals surface area contributed by atoms with Crippen LogP contribution < -0.4 is 10.1 Å². The van der Waals surface area contributed by atoms with Gasteiger partial charge in [0, 0.05) is 18.3 Å². The number of imidazole rings is 1. The molecule has 0 saturated heterocycles. The van der Waals surface area contributed by atoms with Crippen LogP contribution in [0, 0.1) is 5.82 Å². The van der Waals surface area contributed by atoms with Gasteiger partial charge in [0.05, 0.1) is 23.6 Å². The Labute approximate surface area is 161 Å². The van der Waals surface area contributed by atoms with Gasteiger partial charge in [-0.3, -0.25) is 4.79 Å². The first kappa shape index (κ1) is 17.7. The fourth-order valence-corrected chi connectivity index (χ4v) is 2.86. The van der Waals surface area contributed by atoms with Gasteiger partial charge in [-0.2, -0.15) is 0 Å². The topological polar surface area (TPSA) is 55.6 Å². The summed E-state index contributed by atoms with van der Waals surface area (Å²) in [6, 6.07) is 17.5. The van der Waals surface area contributed by atoms with E-state index >= 15 is 0 Å². The lowest BCUT2D eigenvalue weighted by Gasteiger charge is -2.10. The molecule has 0 saturated carbocycles. The number of aromatic nitrogens is 2. The Morgan fingerprint density at radius 2 is 2.00 bits per heavy atom. The van der Waals surface area contributed by atoms with Gasteiger partial charge in [-0.05, 0) is 35.9 Å². The number of benzene rings is 2. The third-order valence-corrected chi connectivity index (χ3v) is 4.37. The Morgan fingerprint density at radius 1 is 1.11 bits per heavy atom. The van der Waals surface area contributed by atoms with Gasteiger partial charge in [0.15, 0.2) is 0 Å². The van der Waals surface area contributed by atoms with Gasteiger partial charge in [0.25, 0.3) is 5.91 Å². The molecule has 140 valence electrons. The highest BCUT2D eigenvalue weighted by atomic mass is 19.1. The Morgan fingerprint density at radius 3 is 2.89 bits per heavy atom. The Bertz CT molecular complexity index is 1120. The lowest BCUT2D eigenvalue weighted by molar-refractivity contribution is 0.0950. The van der Waals surface area contributed by atoms with E-state index in [0.29, 0.717) is 23.4 Å². The van der Waals surface area contributed by atoms with E-state index in [4.69, 9.17) is 4.74 Å². The van der Waals surface area contributed by atoms with E-state index in [2.05, 4.69) is 10.3 Å². The van der Waals surface area contributed by atoms with E-state index < -0.39 is 0 Å². The zero-order valence-corrected chi connectivity index (χ0v) is 15.0. The Balaban J connectivity index is 1.37. The van der Waals surface area contributed by atoms with E-state index in [1.165, 1.54) is 6.07 Å². The summed E-state index contributed by atoms with van der Waals surface area (Å²) >= 11 is 0. The van der Waals surface area contributed by atoms with Gasteiger partial charge in [-0.1, -0.05) is 30.3 Å². The average Bonchev–Trinajstić information content (AvgIpc) is 3.19. The third kappa shape index (κ3) is 4.01. The van der Waals surface area contributed by atoms with Crippen molar-refractivity contribution in [2.45, 2.75) is 13.2 Å². The number of carbonyl (C=O) groups is 1. The standard InChI is InChI=1S/C22H18FN3O2/c23-21-7-2-1-5-18(21)14-28-20-6-3-4-16(10-20)11-25-22(27)17-8-9-19-12-24-15-26(19)13-17/h1-10,12-13,15H,11,14H2,(H,25,27). The maximum absolute atomic E-state index is 13.7. The highest BCUT2D eigenvalue weighted by Crippen LogP contribution is 2.16. The fourth-order valence-electron chi connectivity index (χ4n) is 2.86. The number of carbonyl (C=O) groups excluding carboxylic acids is 1. The molecule has 1 amide bonds. The first-order valence-electron chi connectivity index (χ1n) is 8.84. The molecule has 2 aromatic heterocycles. The number of amides is 1. The summed E-state index contributed by atoms with van der Waals surface area (Å²) in [5.74, 6) is 0.156. The largest absolute Gasteiger partial charge is 0.489 e. The van der Waals surface area contributed by atoms with E-state index in [-0.39, 0.29) is 18.3 Å². The normalized spacial score (nSPS) is 10.8. The smallest absolute Gasteiger partial charge is 0.253 e. The van der Waals surface area contributed by atoms with Crippen LogP contribution in [-0.2, 0) is 13.2 Å². The molecule has 0 spiro atoms. The van der Waals surface area contributed by atoms with Crippen molar-refractivity contribution in [3.8, 4) is 5.75 Å². The van der Waals surface area contributed by atoms with E-state index in [1.807, 2.05) is 24.3 Å². The first-order valence-corrected chi connectivity index (χ1v) is 8.84. The molecule has 0 radical (unpaired) electrons. The van der Waals surface area contributed by atoms with E-state index in [1.54, 1.807) is 53.5 Å². The molecule has 2 heterocycles. The average molecular weight is 375 g/mol. The summed E-state index contributed by atoms with van der Waals surface area (Å²) in [6.07, 6.45) is 5.13. The molecule has 4 aromatic rings. The minimum absolute atomic E-state index is 0.146. The monoisotopic (exact) mass is 375 g/mol. The van der Waals surface area contributed by atoms with Crippen LogP contribution in [0.2, 0.25) is 0 Å². The van der Waals surface area contributed by atoms with Crippen LogP contribution in [0.1, 0.15) is 21.5 Å². The molecule has 5 nitrogen and oxygen atoms in total. The quantitative estimate of drug-likeness (QED) is 0.555. The number of ether oxygens (including phenoxy) is 1. The highest BCUT2D eigenvalue weighted by molar-refractivity contribution is 5.94. The Kier molecular flexibility index (Phi) is 5.01. The molecule has 4 rings (SSSR count). The lowest BCUT2D eigenvalue weighted by atomic mass is 10.2. The number of rotatable bonds is 6. The molecule has 6 heteroatoms. The zero-order chi connectivity index (χ0) is 19.3. The number of fused-ring (bicyclic) bond motifs is 1. The van der Waals surface area contributed by atoms with Crippen molar-refractivity contribution in [1.82, 2.24) is 14.7 Å². The number of hydrogen-bond acceptors (Lipinski definition) is 3. The molecule has 0 bridgehead atoms. The molecule has 2 aromatic carbocycles. The van der Waals surface area contributed by atoms with Crippen molar-refractivity contribution in [2.24, 2.45) is 0 Å². The number of hydrogen-bond donors (Lipinski definition) is 1. The van der Waals surface area contributed by atoms with Gasteiger partial charge in [-0.25, -0.2) is 9.37 Å². The second-order valence-electron chi connectivity index (χ2n) is 6.35. The van der Waals surface area contributed by atoms with Crippen LogP contribution in [-0.4, -0.2) is 15.3 Å². The van der Waals surface area contributed by atoms with E-state index in [0.717, 1.165) is 11.1 Å². The van der Waals surface area contributed by atoms with Gasteiger partial charge < -0.3 is 14.5 Å². The molecular weight excluding hydrogens is 357 g/mol. The molecule has 0 aliphatic carbocycles. The fraction of sp³-hybridized carbons (Fsp3) is 0.0909. The first-order chi connectivity index (χ1) is 13.7. The van der Waals surface area contributed by atoms with Crippen LogP contribution in [0.5, 0.6) is 5.75 Å². The van der Waals surface area contributed by atoms with E-state index in [9.17, 15) is 9.18 Å². The summed E-state index contributed by atoms with van der Waals surface area (Å²) in [4.78, 5) is 16.4. The maximum Gasteiger partial charge on any atom is 0.253 e. The molecule has 0 atom stereocenters. The molecule has 0 aliphatic heterocycles. The third-order valence-electron chi connectivity index (χ3n) is 4.37. The summed E-state index contributed by atoms with van der Waals surface area (Å²) in [5, 5.41) is 2.89. The maximum atomic E-state index is 13.7. The number of halogens is 1. The molecule has 1 N–H and O–H groups in total. The SMILES string of the molecule is O=C(NCc1cccc(OCc2ccccc2F)c1)c1ccc2cncn2c1. The predicted molar refractivity (Wildman–Crippen MR) is 104 cm³/mol. The summed E-state index contributed by atoms with van der Waals surface area (Å²) < 4.78 is 21.2. The summed E-state index contributed by atoms with van der Waals surface area (Å²) in [5.41, 5.74) is 2.87. The second kappa shape index (κ2) is 7.92. The lowest BCUT2D eigenvalue weighted by Crippen LogP contribution is -2.23. The molecule has 0 fully saturated rings. The minimum atomic E-state index is -0.291. The van der Waals surface area contributed by atoms with Crippen molar-refractivity contribution < 1.29 is 13.9 Å². The van der Waals surface area contributed by atoms with Gasteiger partial charge in [0.1, 0.15) is 18.2 Å². The minimum Gasteiger partial charge on any atom is -0.489 e. The second-order valence-corrected chi connectivity index (χ2v) is 6.35. The number of nitrogens with zero attached hydrogens (tertiary/aromatic N) is 2. The van der Waals surface area contributed by atoms with Crippen molar-refractivity contribution >= 4 is 11.4 Å². The molecule has 28 heavy (non-hydrogen) atoms. The molecule has 0 unspecified atom stereocenters. The summed E-state index contributed by atoms with van der Waals surface area (Å²) in [7, 11) is 0. The molecular formula is C22H18FN3O2. The van der Waals surface area contributed by atoms with Gasteiger partial charge in [0.2, 0.25) is 0 Å². The van der Waals surface area contributed by atoms with Crippen LogP contribution in [0.25, 0.3) is 5.52 Å². The van der Waals surface area contributed by atoms with Gasteiger partial charge in [-0.15, -0.1) is 0 Å².